The van der Waals surface area contributed by atoms with Gasteiger partial charge in [0.25, 0.3) is 5.91 Å². The number of ketones is 1. The number of nitrogens with zero attached hydrogens (tertiary/aromatic N) is 2. The van der Waals surface area contributed by atoms with Crippen LogP contribution in [-0.2, 0) is 19.5 Å². The third-order valence-corrected chi connectivity index (χ3v) is 8.09. The number of Topliss-reactive ketones (excluding diaryl/α,β-unsaturated/α-hetero) is 1. The van der Waals surface area contributed by atoms with E-state index in [1.807, 2.05) is 0 Å². The third-order valence-electron chi connectivity index (χ3n) is 6.19. The molecule has 11 heteroatoms. The molecule has 4 rings (SSSR count). The Bertz CT molecular complexity index is 1190. The number of ether oxygens (including phenoxy) is 2. The van der Waals surface area contributed by atoms with Crippen molar-refractivity contribution in [2.75, 3.05) is 62.8 Å². The molecule has 3 heterocycles. The van der Waals surface area contributed by atoms with Crippen LogP contribution in [0.5, 0.6) is 0 Å². The number of anilines is 2. The van der Waals surface area contributed by atoms with Crippen LogP contribution in [0.1, 0.15) is 39.0 Å². The zero-order valence-corrected chi connectivity index (χ0v) is 20.5. The smallest absolute Gasteiger partial charge is 0.272 e. The van der Waals surface area contributed by atoms with Crippen LogP contribution in [0.2, 0.25) is 0 Å². The molecule has 34 heavy (non-hydrogen) atoms. The van der Waals surface area contributed by atoms with E-state index in [0.717, 1.165) is 0 Å². The predicted octanol–water partition coefficient (Wildman–Crippen LogP) is 1.94. The van der Waals surface area contributed by atoms with E-state index in [1.165, 1.54) is 17.3 Å². The van der Waals surface area contributed by atoms with Gasteiger partial charge in [-0.25, -0.2) is 8.42 Å². The highest BCUT2D eigenvalue weighted by atomic mass is 32.2. The average molecular weight is 491 g/mol. The number of carbonyl (C=O) groups is 2. The van der Waals surface area contributed by atoms with Gasteiger partial charge < -0.3 is 24.7 Å². The van der Waals surface area contributed by atoms with Crippen LogP contribution in [0.15, 0.2) is 23.1 Å². The molecule has 10 nitrogen and oxygen atoms in total. The molecule has 2 saturated heterocycles. The minimum atomic E-state index is -3.75. The van der Waals surface area contributed by atoms with E-state index in [-0.39, 0.29) is 29.5 Å². The molecular weight excluding hydrogens is 460 g/mol. The molecule has 0 atom stereocenters. The Labute approximate surface area is 199 Å². The first-order valence-electron chi connectivity index (χ1n) is 11.3. The highest BCUT2D eigenvalue weighted by Crippen LogP contribution is 2.32. The molecule has 0 spiro atoms. The summed E-state index contributed by atoms with van der Waals surface area (Å²) in [6.07, 6.45) is 0. The lowest BCUT2D eigenvalue weighted by atomic mass is 10.1. The topological polar surface area (TPSA) is 121 Å². The number of carbonyl (C=O) groups excluding carboxylic acids is 2. The van der Waals surface area contributed by atoms with E-state index in [9.17, 15) is 18.0 Å². The molecule has 2 fully saturated rings. The maximum atomic E-state index is 13.2. The number of benzene rings is 1. The zero-order chi connectivity index (χ0) is 24.5. The number of aromatic amines is 1. The summed E-state index contributed by atoms with van der Waals surface area (Å²) in [7, 11) is -3.75. The van der Waals surface area contributed by atoms with Gasteiger partial charge in [-0.2, -0.15) is 4.31 Å². The SMILES string of the molecule is CC(=O)c1c(C)[nH]c(C(=O)Nc2cc(S(=O)(=O)N3CCOCC3)ccc2N2CCOCC2)c1C. The molecule has 0 unspecified atom stereocenters. The summed E-state index contributed by atoms with van der Waals surface area (Å²) < 4.78 is 38.6. The molecule has 1 aromatic heterocycles. The Morgan fingerprint density at radius 2 is 1.62 bits per heavy atom. The summed E-state index contributed by atoms with van der Waals surface area (Å²) in [5.41, 5.74) is 3.04. The Morgan fingerprint density at radius 3 is 2.21 bits per heavy atom. The van der Waals surface area contributed by atoms with Crippen molar-refractivity contribution in [2.24, 2.45) is 0 Å². The number of aryl methyl sites for hydroxylation is 1. The van der Waals surface area contributed by atoms with Crippen molar-refractivity contribution in [2.45, 2.75) is 25.7 Å². The van der Waals surface area contributed by atoms with E-state index in [4.69, 9.17) is 9.47 Å². The first-order valence-corrected chi connectivity index (χ1v) is 12.7. The van der Waals surface area contributed by atoms with Gasteiger partial charge in [-0.05, 0) is 44.5 Å². The molecule has 1 aromatic carbocycles. The van der Waals surface area contributed by atoms with Crippen LogP contribution in [0.25, 0.3) is 0 Å². The average Bonchev–Trinajstić information content (AvgIpc) is 3.14. The van der Waals surface area contributed by atoms with Gasteiger partial charge in [0, 0.05) is 37.4 Å². The Hall–Kier alpha value is -2.73. The Kier molecular flexibility index (Phi) is 7.08. The van der Waals surface area contributed by atoms with Crippen molar-refractivity contribution in [3.8, 4) is 0 Å². The third kappa shape index (κ3) is 4.74. The van der Waals surface area contributed by atoms with Gasteiger partial charge in [-0.1, -0.05) is 0 Å². The highest BCUT2D eigenvalue weighted by molar-refractivity contribution is 7.89. The Morgan fingerprint density at radius 1 is 1.00 bits per heavy atom. The van der Waals surface area contributed by atoms with Gasteiger partial charge in [0.2, 0.25) is 10.0 Å². The minimum Gasteiger partial charge on any atom is -0.379 e. The minimum absolute atomic E-state index is 0.102. The number of H-pyrrole nitrogens is 1. The van der Waals surface area contributed by atoms with E-state index < -0.39 is 15.9 Å². The lowest BCUT2D eigenvalue weighted by Crippen LogP contribution is -2.40. The number of hydrogen-bond donors (Lipinski definition) is 2. The quantitative estimate of drug-likeness (QED) is 0.594. The van der Waals surface area contributed by atoms with E-state index in [0.29, 0.717) is 67.7 Å². The monoisotopic (exact) mass is 490 g/mol. The second-order valence-corrected chi connectivity index (χ2v) is 10.4. The number of aromatic nitrogens is 1. The fraction of sp³-hybridized carbons (Fsp3) is 0.478. The van der Waals surface area contributed by atoms with Gasteiger partial charge >= 0.3 is 0 Å². The number of amides is 1. The Balaban J connectivity index is 1.71. The van der Waals surface area contributed by atoms with Gasteiger partial charge in [0.05, 0.1) is 42.7 Å². The second kappa shape index (κ2) is 9.87. The van der Waals surface area contributed by atoms with Crippen LogP contribution in [0, 0.1) is 13.8 Å². The van der Waals surface area contributed by atoms with Crippen molar-refractivity contribution in [3.63, 3.8) is 0 Å². The maximum Gasteiger partial charge on any atom is 0.272 e. The highest BCUT2D eigenvalue weighted by Gasteiger charge is 2.29. The maximum absolute atomic E-state index is 13.2. The first-order chi connectivity index (χ1) is 16.2. The molecule has 2 aromatic rings. The summed E-state index contributed by atoms with van der Waals surface area (Å²) in [4.78, 5) is 30.4. The van der Waals surface area contributed by atoms with E-state index in [1.54, 1.807) is 26.0 Å². The van der Waals surface area contributed by atoms with E-state index >= 15 is 0 Å². The number of morpholine rings is 2. The molecule has 1 amide bonds. The van der Waals surface area contributed by atoms with Gasteiger partial charge in [0.15, 0.2) is 5.78 Å². The van der Waals surface area contributed by atoms with Crippen molar-refractivity contribution >= 4 is 33.1 Å². The summed E-state index contributed by atoms with van der Waals surface area (Å²) in [6.45, 7) is 8.50. The normalized spacial score (nSPS) is 17.6. The summed E-state index contributed by atoms with van der Waals surface area (Å²) in [5, 5.41) is 2.89. The van der Waals surface area contributed by atoms with Crippen LogP contribution < -0.4 is 10.2 Å². The molecule has 184 valence electrons. The van der Waals surface area contributed by atoms with Crippen LogP contribution in [0.3, 0.4) is 0 Å². The van der Waals surface area contributed by atoms with Gasteiger partial charge in [0.1, 0.15) is 5.69 Å². The van der Waals surface area contributed by atoms with Crippen molar-refractivity contribution in [1.82, 2.24) is 9.29 Å². The fourth-order valence-electron chi connectivity index (χ4n) is 4.48. The molecule has 0 radical (unpaired) electrons. The standard InChI is InChI=1S/C23H30N4O6S/c1-15-21(17(3)28)16(2)24-22(15)23(29)25-19-14-18(34(30,31)27-8-12-33-13-9-27)4-5-20(19)26-6-10-32-11-7-26/h4-5,14,24H,6-13H2,1-3H3,(H,25,29). The number of nitrogens with one attached hydrogen (secondary N) is 2. The second-order valence-electron chi connectivity index (χ2n) is 8.43. The van der Waals surface area contributed by atoms with E-state index in [2.05, 4.69) is 15.2 Å². The van der Waals surface area contributed by atoms with Crippen molar-refractivity contribution in [3.05, 3.63) is 40.7 Å². The molecule has 0 bridgehead atoms. The molecule has 2 aliphatic rings. The van der Waals surface area contributed by atoms with Crippen LogP contribution in [0.4, 0.5) is 11.4 Å². The largest absolute Gasteiger partial charge is 0.379 e. The lowest BCUT2D eigenvalue weighted by Gasteiger charge is -2.31. The number of hydrogen-bond acceptors (Lipinski definition) is 7. The molecule has 0 saturated carbocycles. The number of rotatable bonds is 6. The molecular formula is C23H30N4O6S. The fourth-order valence-corrected chi connectivity index (χ4v) is 5.92. The van der Waals surface area contributed by atoms with Crippen molar-refractivity contribution < 1.29 is 27.5 Å². The van der Waals surface area contributed by atoms with Gasteiger partial charge in [-0.3, -0.25) is 9.59 Å². The molecule has 2 aliphatic heterocycles. The summed E-state index contributed by atoms with van der Waals surface area (Å²) in [5.74, 6) is -0.568. The predicted molar refractivity (Wildman–Crippen MR) is 127 cm³/mol. The van der Waals surface area contributed by atoms with Crippen LogP contribution in [-0.4, -0.2) is 82.0 Å². The first kappa shape index (κ1) is 24.4. The lowest BCUT2D eigenvalue weighted by molar-refractivity contribution is 0.0730. The summed E-state index contributed by atoms with van der Waals surface area (Å²) >= 11 is 0. The van der Waals surface area contributed by atoms with Crippen molar-refractivity contribution in [1.29, 1.82) is 0 Å². The molecule has 0 aliphatic carbocycles. The zero-order valence-electron chi connectivity index (χ0n) is 19.6. The van der Waals surface area contributed by atoms with Crippen LogP contribution >= 0.6 is 0 Å². The summed E-state index contributed by atoms with van der Waals surface area (Å²) in [6, 6.07) is 4.80. The van der Waals surface area contributed by atoms with Gasteiger partial charge in [-0.15, -0.1) is 0 Å². The molecule has 2 N–H and O–H groups in total. The number of sulfonamides is 1.